The normalized spacial score (nSPS) is 33.6. The van der Waals surface area contributed by atoms with Crippen molar-refractivity contribution < 1.29 is 19.1 Å². The van der Waals surface area contributed by atoms with E-state index in [2.05, 4.69) is 66.8 Å². The molecular formula is C26H40O4Si. The Morgan fingerprint density at radius 2 is 1.84 bits per heavy atom. The molecule has 4 atom stereocenters. The highest BCUT2D eigenvalue weighted by Crippen LogP contribution is 2.75. The van der Waals surface area contributed by atoms with E-state index in [1.54, 1.807) is 0 Å². The quantitative estimate of drug-likeness (QED) is 0.454. The Hall–Kier alpha value is -1.33. The van der Waals surface area contributed by atoms with Gasteiger partial charge in [0.15, 0.2) is 0 Å². The molecule has 2 fully saturated rings. The van der Waals surface area contributed by atoms with Gasteiger partial charge in [-0.05, 0) is 90.2 Å². The molecule has 1 N–H and O–H groups in total. The lowest BCUT2D eigenvalue weighted by atomic mass is 9.63. The van der Waals surface area contributed by atoms with Crippen molar-refractivity contribution in [2.24, 2.45) is 10.8 Å². The second-order valence-electron chi connectivity index (χ2n) is 12.6. The molecule has 4 rings (SSSR count). The summed E-state index contributed by atoms with van der Waals surface area (Å²) in [7, 11) is -0.523. The highest BCUT2D eigenvalue weighted by molar-refractivity contribution is 6.74. The third-order valence-corrected chi connectivity index (χ3v) is 13.9. The van der Waals surface area contributed by atoms with Gasteiger partial charge in [-0.3, -0.25) is 4.79 Å². The van der Waals surface area contributed by atoms with Crippen LogP contribution in [0.1, 0.15) is 88.8 Å². The number of aliphatic hydroxyl groups is 1. The van der Waals surface area contributed by atoms with Crippen molar-refractivity contribution in [1.29, 1.82) is 0 Å². The third-order valence-electron chi connectivity index (χ3n) is 9.54. The maximum atomic E-state index is 13.3. The van der Waals surface area contributed by atoms with Gasteiger partial charge in [0.05, 0.1) is 18.6 Å². The maximum absolute atomic E-state index is 13.3. The number of hydrogen-bond acceptors (Lipinski definition) is 4. The van der Waals surface area contributed by atoms with Gasteiger partial charge in [-0.25, -0.2) is 0 Å². The van der Waals surface area contributed by atoms with Crippen LogP contribution >= 0.6 is 0 Å². The predicted molar refractivity (Wildman–Crippen MR) is 126 cm³/mol. The Morgan fingerprint density at radius 3 is 2.42 bits per heavy atom. The number of benzene rings is 1. The molecule has 1 spiro atoms. The molecular weight excluding hydrogens is 404 g/mol. The zero-order valence-electron chi connectivity index (χ0n) is 20.8. The van der Waals surface area contributed by atoms with Crippen LogP contribution in [-0.4, -0.2) is 32.1 Å². The highest BCUT2D eigenvalue weighted by atomic mass is 28.4. The summed E-state index contributed by atoms with van der Waals surface area (Å²) in [5.41, 5.74) is 2.25. The molecule has 2 bridgehead atoms. The number of ether oxygens (including phenoxy) is 1. The highest BCUT2D eigenvalue weighted by Gasteiger charge is 2.70. The van der Waals surface area contributed by atoms with Crippen LogP contribution in [-0.2, 0) is 9.53 Å². The minimum absolute atomic E-state index is 0.0961. The third kappa shape index (κ3) is 2.98. The smallest absolute Gasteiger partial charge is 0.313 e. The molecule has 1 aromatic rings. The molecule has 0 heterocycles. The number of hydrogen-bond donors (Lipinski definition) is 1. The van der Waals surface area contributed by atoms with Gasteiger partial charge in [0.25, 0.3) is 0 Å². The lowest BCUT2D eigenvalue weighted by Crippen LogP contribution is -2.44. The molecule has 5 heteroatoms. The molecule has 31 heavy (non-hydrogen) atoms. The molecule has 3 aliphatic carbocycles. The molecule has 0 aliphatic heterocycles. The molecule has 2 saturated carbocycles. The summed E-state index contributed by atoms with van der Waals surface area (Å²) < 4.78 is 12.1. The molecule has 172 valence electrons. The van der Waals surface area contributed by atoms with Crippen molar-refractivity contribution in [2.75, 3.05) is 7.11 Å². The fourth-order valence-electron chi connectivity index (χ4n) is 6.76. The van der Waals surface area contributed by atoms with Crippen LogP contribution in [0.5, 0.6) is 5.75 Å². The Bertz CT molecular complexity index is 924. The van der Waals surface area contributed by atoms with E-state index in [9.17, 15) is 9.90 Å². The second kappa shape index (κ2) is 6.60. The number of carbonyl (C=O) groups excluding carboxylic acids is 1. The molecule has 0 unspecified atom stereocenters. The van der Waals surface area contributed by atoms with Crippen LogP contribution in [0.15, 0.2) is 12.1 Å². The zero-order chi connectivity index (χ0) is 23.2. The summed E-state index contributed by atoms with van der Waals surface area (Å²) in [6, 6.07) is 4.33. The molecule has 0 amide bonds. The average molecular weight is 445 g/mol. The lowest BCUT2D eigenvalue weighted by molar-refractivity contribution is -0.147. The summed E-state index contributed by atoms with van der Waals surface area (Å²) >= 11 is 0. The van der Waals surface area contributed by atoms with Crippen LogP contribution in [0.2, 0.25) is 18.1 Å². The first-order valence-electron chi connectivity index (χ1n) is 11.7. The van der Waals surface area contributed by atoms with E-state index in [0.717, 1.165) is 36.1 Å². The van der Waals surface area contributed by atoms with E-state index in [4.69, 9.17) is 9.16 Å². The first-order valence-corrected chi connectivity index (χ1v) is 14.6. The van der Waals surface area contributed by atoms with Gasteiger partial charge < -0.3 is 14.3 Å². The van der Waals surface area contributed by atoms with Gasteiger partial charge in [-0.2, -0.15) is 0 Å². The summed E-state index contributed by atoms with van der Waals surface area (Å²) in [4.78, 5) is 13.3. The standard InChI is InChI=1S/C26H40O4Si/c1-16-19(30-31(8,9)23(2,3)4)11-10-17-18-12-13-26(28)15-25(18,14-24(26,5)6)21(20(16)17)22(27)29-7/h10-11,18,21,28H,12-15H2,1-9H3/t18-,21+,25-,26-/m0/s1. The fourth-order valence-corrected chi connectivity index (χ4v) is 7.84. The van der Waals surface area contributed by atoms with E-state index < -0.39 is 13.9 Å². The number of esters is 1. The zero-order valence-corrected chi connectivity index (χ0v) is 21.8. The number of methoxy groups -OCH3 is 1. The van der Waals surface area contributed by atoms with E-state index in [1.807, 2.05) is 0 Å². The minimum atomic E-state index is -2.02. The van der Waals surface area contributed by atoms with Gasteiger partial charge in [0, 0.05) is 0 Å². The van der Waals surface area contributed by atoms with Crippen LogP contribution in [0.3, 0.4) is 0 Å². The van der Waals surface area contributed by atoms with E-state index >= 15 is 0 Å². The molecule has 0 saturated heterocycles. The van der Waals surface area contributed by atoms with Crippen LogP contribution in [0.25, 0.3) is 0 Å². The molecule has 0 aromatic heterocycles. The minimum Gasteiger partial charge on any atom is -0.543 e. The Morgan fingerprint density at radius 1 is 1.19 bits per heavy atom. The topological polar surface area (TPSA) is 55.8 Å². The van der Waals surface area contributed by atoms with Gasteiger partial charge in [0.1, 0.15) is 5.75 Å². The summed E-state index contributed by atoms with van der Waals surface area (Å²) in [5, 5.41) is 11.6. The second-order valence-corrected chi connectivity index (χ2v) is 17.3. The van der Waals surface area contributed by atoms with Crippen molar-refractivity contribution >= 4 is 14.3 Å². The van der Waals surface area contributed by atoms with Gasteiger partial charge in [0.2, 0.25) is 8.32 Å². The van der Waals surface area contributed by atoms with Crippen molar-refractivity contribution in [3.05, 3.63) is 28.8 Å². The van der Waals surface area contributed by atoms with Crippen LogP contribution < -0.4 is 4.43 Å². The fraction of sp³-hybridized carbons (Fsp3) is 0.731. The Labute approximate surface area is 188 Å². The van der Waals surface area contributed by atoms with Crippen molar-refractivity contribution in [2.45, 2.75) is 103 Å². The summed E-state index contributed by atoms with van der Waals surface area (Å²) in [6.07, 6.45) is 3.22. The predicted octanol–water partition coefficient (Wildman–Crippen LogP) is 6.06. The van der Waals surface area contributed by atoms with Gasteiger partial charge >= 0.3 is 5.97 Å². The molecule has 4 nitrogen and oxygen atoms in total. The Balaban J connectivity index is 1.87. The average Bonchev–Trinajstić information content (AvgIpc) is 2.99. The molecule has 3 aliphatic rings. The molecule has 1 aromatic carbocycles. The van der Waals surface area contributed by atoms with Crippen molar-refractivity contribution in [1.82, 2.24) is 0 Å². The first kappa shape index (κ1) is 22.8. The van der Waals surface area contributed by atoms with Crippen molar-refractivity contribution in [3.8, 4) is 5.75 Å². The Kier molecular flexibility index (Phi) is 4.86. The maximum Gasteiger partial charge on any atom is 0.313 e. The molecule has 0 radical (unpaired) electrons. The van der Waals surface area contributed by atoms with Crippen LogP contribution in [0, 0.1) is 17.8 Å². The number of fused-ring (bicyclic) bond motifs is 3. The van der Waals surface area contributed by atoms with Crippen LogP contribution in [0.4, 0.5) is 0 Å². The monoisotopic (exact) mass is 444 g/mol. The van der Waals surface area contributed by atoms with Gasteiger partial charge in [-0.15, -0.1) is 0 Å². The first-order chi connectivity index (χ1) is 14.1. The van der Waals surface area contributed by atoms with Gasteiger partial charge in [-0.1, -0.05) is 40.7 Å². The van der Waals surface area contributed by atoms with Crippen molar-refractivity contribution in [3.63, 3.8) is 0 Å². The summed E-state index contributed by atoms with van der Waals surface area (Å²) in [6.45, 7) is 17.7. The largest absolute Gasteiger partial charge is 0.543 e. The van der Waals surface area contributed by atoms with E-state index in [-0.39, 0.29) is 33.7 Å². The number of rotatable bonds is 3. The number of carbonyl (C=O) groups is 1. The lowest BCUT2D eigenvalue weighted by Gasteiger charge is -2.43. The van der Waals surface area contributed by atoms with E-state index in [0.29, 0.717) is 6.42 Å². The van der Waals surface area contributed by atoms with E-state index in [1.165, 1.54) is 12.7 Å². The summed E-state index contributed by atoms with van der Waals surface area (Å²) in [5.74, 6) is 0.684. The SMILES string of the molecule is COC(=O)[C@H]1c2c(ccc(O[Si](C)(C)C(C)(C)C)c2C)[C@@H]2CC[C@]3(O)C[C@@]21CC3(C)C.